The molecule has 6 heteroatoms. The second kappa shape index (κ2) is 7.23. The number of hydrogen-bond acceptors (Lipinski definition) is 6. The van der Waals surface area contributed by atoms with E-state index in [1.54, 1.807) is 14.2 Å². The van der Waals surface area contributed by atoms with Crippen LogP contribution in [0.2, 0.25) is 0 Å². The Morgan fingerprint density at radius 3 is 2.79 bits per heavy atom. The highest BCUT2D eigenvalue weighted by Gasteiger charge is 2.23. The molecule has 3 rings (SSSR count). The van der Waals surface area contributed by atoms with E-state index < -0.39 is 0 Å². The van der Waals surface area contributed by atoms with Crippen molar-refractivity contribution in [3.8, 4) is 23.0 Å². The summed E-state index contributed by atoms with van der Waals surface area (Å²) in [5.41, 5.74) is 1.76. The smallest absolute Gasteiger partial charge is 0.230 e. The maximum absolute atomic E-state index is 5.89. The van der Waals surface area contributed by atoms with Crippen LogP contribution < -0.4 is 9.47 Å². The molecule has 1 fully saturated rings. The molecule has 1 aliphatic heterocycles. The minimum atomic E-state index is 0.445. The first kappa shape index (κ1) is 16.8. The fraction of sp³-hybridized carbons (Fsp3) is 0.500. The Balaban J connectivity index is 1.83. The molecule has 2 heterocycles. The molecule has 0 aliphatic carbocycles. The van der Waals surface area contributed by atoms with Crippen molar-refractivity contribution in [2.45, 2.75) is 25.9 Å². The van der Waals surface area contributed by atoms with E-state index in [2.05, 4.69) is 16.9 Å². The van der Waals surface area contributed by atoms with Crippen LogP contribution >= 0.6 is 0 Å². The summed E-state index contributed by atoms with van der Waals surface area (Å²) < 4.78 is 22.0. The maximum Gasteiger partial charge on any atom is 0.230 e. The maximum atomic E-state index is 5.89. The molecule has 0 radical (unpaired) electrons. The fourth-order valence-corrected chi connectivity index (χ4v) is 2.90. The van der Waals surface area contributed by atoms with Crippen LogP contribution in [0.5, 0.6) is 11.5 Å². The monoisotopic (exact) mass is 332 g/mol. The van der Waals surface area contributed by atoms with Crippen LogP contribution in [-0.4, -0.2) is 50.4 Å². The van der Waals surface area contributed by atoms with Crippen molar-refractivity contribution < 1.29 is 18.6 Å². The average molecular weight is 332 g/mol. The quantitative estimate of drug-likeness (QED) is 0.811. The van der Waals surface area contributed by atoms with Gasteiger partial charge in [0, 0.05) is 25.3 Å². The molecular formula is C18H24N2O4. The van der Waals surface area contributed by atoms with Crippen molar-refractivity contribution in [2.24, 2.45) is 0 Å². The lowest BCUT2D eigenvalue weighted by molar-refractivity contribution is 0.155. The molecule has 1 atom stereocenters. The third-order valence-corrected chi connectivity index (χ3v) is 4.46. The molecule has 1 aromatic heterocycles. The molecule has 0 amide bonds. The molecule has 1 saturated heterocycles. The lowest BCUT2D eigenvalue weighted by Crippen LogP contribution is -2.31. The van der Waals surface area contributed by atoms with Crippen LogP contribution in [0.1, 0.15) is 17.9 Å². The predicted octanol–water partition coefficient (Wildman–Crippen LogP) is 2.89. The third-order valence-electron chi connectivity index (χ3n) is 4.46. The number of nitrogens with zero attached hydrogens (tertiary/aromatic N) is 2. The van der Waals surface area contributed by atoms with E-state index in [9.17, 15) is 0 Å². The second-order valence-corrected chi connectivity index (χ2v) is 6.02. The van der Waals surface area contributed by atoms with Crippen molar-refractivity contribution >= 4 is 0 Å². The number of oxazole rings is 1. The molecule has 6 nitrogen and oxygen atoms in total. The highest BCUT2D eigenvalue weighted by Crippen LogP contribution is 2.34. The topological polar surface area (TPSA) is 57.0 Å². The van der Waals surface area contributed by atoms with Crippen LogP contribution in [0.15, 0.2) is 22.6 Å². The van der Waals surface area contributed by atoms with Gasteiger partial charge in [-0.3, -0.25) is 4.90 Å². The summed E-state index contributed by atoms with van der Waals surface area (Å²) in [5, 5.41) is 0. The van der Waals surface area contributed by atoms with Crippen LogP contribution in [0, 0.1) is 6.92 Å². The van der Waals surface area contributed by atoms with Gasteiger partial charge in [0.2, 0.25) is 5.89 Å². The van der Waals surface area contributed by atoms with Gasteiger partial charge in [-0.05, 0) is 32.5 Å². The fourth-order valence-electron chi connectivity index (χ4n) is 2.90. The van der Waals surface area contributed by atoms with Gasteiger partial charge >= 0.3 is 0 Å². The molecule has 1 aromatic carbocycles. The molecule has 1 aliphatic rings. The first-order chi connectivity index (χ1) is 11.6. The zero-order chi connectivity index (χ0) is 17.1. The Morgan fingerprint density at radius 1 is 1.29 bits per heavy atom. The van der Waals surface area contributed by atoms with E-state index in [1.807, 2.05) is 25.1 Å². The zero-order valence-electron chi connectivity index (χ0n) is 14.7. The van der Waals surface area contributed by atoms with Gasteiger partial charge in [0.05, 0.1) is 32.1 Å². The van der Waals surface area contributed by atoms with Crippen LogP contribution in [0.25, 0.3) is 11.5 Å². The highest BCUT2D eigenvalue weighted by molar-refractivity contribution is 5.65. The van der Waals surface area contributed by atoms with Gasteiger partial charge < -0.3 is 18.6 Å². The average Bonchev–Trinajstić information content (AvgIpc) is 3.25. The second-order valence-electron chi connectivity index (χ2n) is 6.02. The van der Waals surface area contributed by atoms with Crippen molar-refractivity contribution in [3.63, 3.8) is 0 Å². The molecule has 24 heavy (non-hydrogen) atoms. The van der Waals surface area contributed by atoms with E-state index in [0.29, 0.717) is 17.7 Å². The Hall–Kier alpha value is -2.05. The number of likely N-dealkylation sites (N-methyl/N-ethyl adjacent to an activating group) is 1. The molecule has 0 saturated carbocycles. The first-order valence-electron chi connectivity index (χ1n) is 8.09. The number of methoxy groups -OCH3 is 2. The Kier molecular flexibility index (Phi) is 5.06. The van der Waals surface area contributed by atoms with E-state index in [-0.39, 0.29) is 0 Å². The van der Waals surface area contributed by atoms with Crippen molar-refractivity contribution in [1.82, 2.24) is 9.88 Å². The number of hydrogen-bond donors (Lipinski definition) is 0. The van der Waals surface area contributed by atoms with E-state index >= 15 is 0 Å². The zero-order valence-corrected chi connectivity index (χ0v) is 14.7. The van der Waals surface area contributed by atoms with E-state index in [4.69, 9.17) is 18.6 Å². The van der Waals surface area contributed by atoms with Gasteiger partial charge in [-0.1, -0.05) is 0 Å². The largest absolute Gasteiger partial charge is 0.497 e. The van der Waals surface area contributed by atoms with Gasteiger partial charge in [0.25, 0.3) is 0 Å². The van der Waals surface area contributed by atoms with Crippen molar-refractivity contribution in [1.29, 1.82) is 0 Å². The molecule has 0 bridgehead atoms. The highest BCUT2D eigenvalue weighted by atomic mass is 16.5. The minimum absolute atomic E-state index is 0.445. The minimum Gasteiger partial charge on any atom is -0.497 e. The number of benzene rings is 1. The van der Waals surface area contributed by atoms with Gasteiger partial charge in [0.1, 0.15) is 17.3 Å². The number of aromatic nitrogens is 1. The molecule has 0 unspecified atom stereocenters. The number of rotatable bonds is 6. The van der Waals surface area contributed by atoms with Crippen LogP contribution in [-0.2, 0) is 11.3 Å². The van der Waals surface area contributed by atoms with Gasteiger partial charge in [-0.15, -0.1) is 0 Å². The Bertz CT molecular complexity index is 692. The summed E-state index contributed by atoms with van der Waals surface area (Å²) in [6, 6.07) is 6.05. The molecule has 0 N–H and O–H groups in total. The summed E-state index contributed by atoms with van der Waals surface area (Å²) in [7, 11) is 5.36. The van der Waals surface area contributed by atoms with E-state index in [1.165, 1.54) is 0 Å². The molecule has 0 spiro atoms. The van der Waals surface area contributed by atoms with Crippen LogP contribution in [0.3, 0.4) is 0 Å². The lowest BCUT2D eigenvalue weighted by Gasteiger charge is -2.21. The molecular weight excluding hydrogens is 308 g/mol. The summed E-state index contributed by atoms with van der Waals surface area (Å²) in [6.45, 7) is 4.30. The van der Waals surface area contributed by atoms with Crippen molar-refractivity contribution in [2.75, 3.05) is 34.5 Å². The molecule has 130 valence electrons. The number of aryl methyl sites for hydroxylation is 1. The Morgan fingerprint density at radius 2 is 2.12 bits per heavy atom. The lowest BCUT2D eigenvalue weighted by atomic mass is 10.2. The predicted molar refractivity (Wildman–Crippen MR) is 90.5 cm³/mol. The Labute approximate surface area is 142 Å². The van der Waals surface area contributed by atoms with Gasteiger partial charge in [-0.25, -0.2) is 4.98 Å². The van der Waals surface area contributed by atoms with Crippen molar-refractivity contribution in [3.05, 3.63) is 29.7 Å². The summed E-state index contributed by atoms with van der Waals surface area (Å²) in [6.07, 6.45) is 1.06. The first-order valence-corrected chi connectivity index (χ1v) is 8.09. The number of ether oxygens (including phenoxy) is 3. The van der Waals surface area contributed by atoms with E-state index in [0.717, 1.165) is 48.9 Å². The van der Waals surface area contributed by atoms with Crippen LogP contribution in [0.4, 0.5) is 0 Å². The summed E-state index contributed by atoms with van der Waals surface area (Å²) in [5.74, 6) is 2.81. The molecule has 2 aromatic rings. The standard InChI is InChI=1S/C18H24N2O4/c1-12-16(10-20(2)13-7-8-23-11-13)19-18(24-12)15-6-5-14(21-3)9-17(15)22-4/h5-6,9,13H,7-8,10-11H2,1-4H3/t13-/m1/s1. The summed E-state index contributed by atoms with van der Waals surface area (Å²) in [4.78, 5) is 6.96. The normalized spacial score (nSPS) is 17.5. The SMILES string of the molecule is COc1ccc(-c2nc(CN(C)[C@@H]3CCOC3)c(C)o2)c(OC)c1. The summed E-state index contributed by atoms with van der Waals surface area (Å²) >= 11 is 0. The van der Waals surface area contributed by atoms with Gasteiger partial charge in [-0.2, -0.15) is 0 Å². The third kappa shape index (κ3) is 3.39. The van der Waals surface area contributed by atoms with Gasteiger partial charge in [0.15, 0.2) is 0 Å².